The van der Waals surface area contributed by atoms with Crippen LogP contribution >= 0.6 is 27.3 Å². The van der Waals surface area contributed by atoms with Crippen LogP contribution in [0.25, 0.3) is 0 Å². The first-order chi connectivity index (χ1) is 9.11. The van der Waals surface area contributed by atoms with Gasteiger partial charge in [0, 0.05) is 9.75 Å². The highest BCUT2D eigenvalue weighted by Crippen LogP contribution is 2.19. The number of carbonyl (C=O) groups excluding carboxylic acids is 1. The number of thiophene rings is 1. The van der Waals surface area contributed by atoms with Crippen LogP contribution in [0.1, 0.15) is 27.0 Å². The summed E-state index contributed by atoms with van der Waals surface area (Å²) >= 11 is 4.73. The molecule has 100 valence electrons. The molecule has 0 atom stereocenters. The SMILES string of the molecule is CCc1ccc(CNC(=O)c2cccc(Br)c2F)s1. The second-order valence-electron chi connectivity index (χ2n) is 4.01. The maximum absolute atomic E-state index is 13.7. The molecular weight excluding hydrogens is 329 g/mol. The zero-order valence-electron chi connectivity index (χ0n) is 10.4. The summed E-state index contributed by atoms with van der Waals surface area (Å²) in [5.74, 6) is -0.925. The van der Waals surface area contributed by atoms with Crippen molar-refractivity contribution in [2.75, 3.05) is 0 Å². The molecule has 0 bridgehead atoms. The van der Waals surface area contributed by atoms with E-state index in [4.69, 9.17) is 0 Å². The number of halogens is 2. The van der Waals surface area contributed by atoms with Gasteiger partial charge in [-0.05, 0) is 46.6 Å². The van der Waals surface area contributed by atoms with Crippen molar-refractivity contribution in [1.82, 2.24) is 5.32 Å². The lowest BCUT2D eigenvalue weighted by Gasteiger charge is -2.05. The van der Waals surface area contributed by atoms with E-state index >= 15 is 0 Å². The molecule has 2 nitrogen and oxygen atoms in total. The van der Waals surface area contributed by atoms with E-state index in [1.165, 1.54) is 10.9 Å². The van der Waals surface area contributed by atoms with Gasteiger partial charge in [-0.1, -0.05) is 13.0 Å². The fourth-order valence-electron chi connectivity index (χ4n) is 1.65. The summed E-state index contributed by atoms with van der Waals surface area (Å²) in [7, 11) is 0. The molecule has 0 fully saturated rings. The summed E-state index contributed by atoms with van der Waals surface area (Å²) in [6, 6.07) is 8.72. The average molecular weight is 342 g/mol. The summed E-state index contributed by atoms with van der Waals surface area (Å²) in [5, 5.41) is 2.73. The van der Waals surface area contributed by atoms with Gasteiger partial charge in [0.25, 0.3) is 5.91 Å². The van der Waals surface area contributed by atoms with Crippen molar-refractivity contribution < 1.29 is 9.18 Å². The topological polar surface area (TPSA) is 29.1 Å². The van der Waals surface area contributed by atoms with Crippen molar-refractivity contribution in [3.05, 3.63) is 55.9 Å². The summed E-state index contributed by atoms with van der Waals surface area (Å²) in [5.41, 5.74) is 0.0571. The van der Waals surface area contributed by atoms with Crippen LogP contribution in [-0.2, 0) is 13.0 Å². The molecule has 2 rings (SSSR count). The van der Waals surface area contributed by atoms with Crippen LogP contribution in [0, 0.1) is 5.82 Å². The maximum Gasteiger partial charge on any atom is 0.254 e. The normalized spacial score (nSPS) is 10.5. The van der Waals surface area contributed by atoms with Gasteiger partial charge in [-0.3, -0.25) is 4.79 Å². The highest BCUT2D eigenvalue weighted by atomic mass is 79.9. The van der Waals surface area contributed by atoms with Crippen LogP contribution in [0.4, 0.5) is 4.39 Å². The zero-order chi connectivity index (χ0) is 13.8. The monoisotopic (exact) mass is 341 g/mol. The lowest BCUT2D eigenvalue weighted by atomic mass is 10.2. The Morgan fingerprint density at radius 1 is 1.32 bits per heavy atom. The molecule has 2 aromatic rings. The fraction of sp³-hybridized carbons (Fsp3) is 0.214. The number of rotatable bonds is 4. The van der Waals surface area contributed by atoms with Crippen molar-refractivity contribution in [3.63, 3.8) is 0 Å². The first-order valence-corrected chi connectivity index (χ1v) is 7.52. The minimum Gasteiger partial charge on any atom is -0.347 e. The van der Waals surface area contributed by atoms with E-state index in [0.717, 1.165) is 11.3 Å². The van der Waals surface area contributed by atoms with Crippen molar-refractivity contribution in [2.24, 2.45) is 0 Å². The van der Waals surface area contributed by atoms with Crippen LogP contribution in [0.2, 0.25) is 0 Å². The van der Waals surface area contributed by atoms with E-state index in [1.807, 2.05) is 12.1 Å². The van der Waals surface area contributed by atoms with Gasteiger partial charge in [0.15, 0.2) is 0 Å². The number of nitrogens with one attached hydrogen (secondary N) is 1. The fourth-order valence-corrected chi connectivity index (χ4v) is 2.91. The van der Waals surface area contributed by atoms with Gasteiger partial charge in [0.2, 0.25) is 0 Å². The smallest absolute Gasteiger partial charge is 0.254 e. The third-order valence-corrected chi connectivity index (χ3v) is 4.53. The Morgan fingerprint density at radius 3 is 2.74 bits per heavy atom. The van der Waals surface area contributed by atoms with Crippen LogP contribution in [0.15, 0.2) is 34.8 Å². The molecule has 0 radical (unpaired) electrons. The molecule has 0 saturated carbocycles. The average Bonchev–Trinajstić information content (AvgIpc) is 2.87. The van der Waals surface area contributed by atoms with E-state index < -0.39 is 11.7 Å². The van der Waals surface area contributed by atoms with Gasteiger partial charge in [-0.15, -0.1) is 11.3 Å². The van der Waals surface area contributed by atoms with E-state index in [1.54, 1.807) is 23.5 Å². The molecule has 0 spiro atoms. The minimum atomic E-state index is -0.527. The number of benzene rings is 1. The van der Waals surface area contributed by atoms with Gasteiger partial charge >= 0.3 is 0 Å². The Kier molecular flexibility index (Phi) is 4.71. The van der Waals surface area contributed by atoms with E-state index in [2.05, 4.69) is 28.2 Å². The number of hydrogen-bond acceptors (Lipinski definition) is 2. The van der Waals surface area contributed by atoms with Crippen LogP contribution < -0.4 is 5.32 Å². The quantitative estimate of drug-likeness (QED) is 0.889. The van der Waals surface area contributed by atoms with E-state index in [0.29, 0.717) is 11.0 Å². The summed E-state index contributed by atoms with van der Waals surface area (Å²) in [6.07, 6.45) is 0.985. The molecule has 0 saturated heterocycles. The first kappa shape index (κ1) is 14.2. The van der Waals surface area contributed by atoms with Crippen LogP contribution in [-0.4, -0.2) is 5.91 Å². The Hall–Kier alpha value is -1.20. The summed E-state index contributed by atoms with van der Waals surface area (Å²) in [6.45, 7) is 2.51. The van der Waals surface area contributed by atoms with Gasteiger partial charge in [-0.25, -0.2) is 4.39 Å². The molecule has 1 N–H and O–H groups in total. The molecule has 1 amide bonds. The number of carbonyl (C=O) groups is 1. The number of aryl methyl sites for hydroxylation is 1. The van der Waals surface area contributed by atoms with Crippen molar-refractivity contribution >= 4 is 33.2 Å². The van der Waals surface area contributed by atoms with Gasteiger partial charge in [0.1, 0.15) is 5.82 Å². The molecular formula is C14H13BrFNOS. The largest absolute Gasteiger partial charge is 0.347 e. The van der Waals surface area contributed by atoms with E-state index in [-0.39, 0.29) is 5.56 Å². The van der Waals surface area contributed by atoms with E-state index in [9.17, 15) is 9.18 Å². The minimum absolute atomic E-state index is 0.0571. The molecule has 0 unspecified atom stereocenters. The molecule has 19 heavy (non-hydrogen) atoms. The Bertz CT molecular complexity index is 597. The van der Waals surface area contributed by atoms with Gasteiger partial charge in [-0.2, -0.15) is 0 Å². The zero-order valence-corrected chi connectivity index (χ0v) is 12.8. The Balaban J connectivity index is 2.03. The molecule has 1 aromatic heterocycles. The summed E-state index contributed by atoms with van der Waals surface area (Å²) < 4.78 is 14.0. The van der Waals surface area contributed by atoms with Crippen molar-refractivity contribution in [2.45, 2.75) is 19.9 Å². The molecule has 1 aromatic carbocycles. The second-order valence-corrected chi connectivity index (χ2v) is 6.11. The second kappa shape index (κ2) is 6.30. The van der Waals surface area contributed by atoms with Crippen molar-refractivity contribution in [1.29, 1.82) is 0 Å². The van der Waals surface area contributed by atoms with Crippen molar-refractivity contribution in [3.8, 4) is 0 Å². The molecule has 0 aliphatic heterocycles. The predicted octanol–water partition coefficient (Wildman–Crippen LogP) is 4.14. The lowest BCUT2D eigenvalue weighted by molar-refractivity contribution is 0.0947. The summed E-state index contributed by atoms with van der Waals surface area (Å²) in [4.78, 5) is 14.2. The Morgan fingerprint density at radius 2 is 2.05 bits per heavy atom. The number of amides is 1. The Labute approximate surface area is 123 Å². The molecule has 0 aliphatic carbocycles. The van der Waals surface area contributed by atoms with Gasteiger partial charge in [0.05, 0.1) is 16.6 Å². The standard InChI is InChI=1S/C14H13BrFNOS/c1-2-9-6-7-10(19-9)8-17-14(18)11-4-3-5-12(15)13(11)16/h3-7H,2,8H2,1H3,(H,17,18). The lowest BCUT2D eigenvalue weighted by Crippen LogP contribution is -2.23. The number of hydrogen-bond donors (Lipinski definition) is 1. The molecule has 1 heterocycles. The van der Waals surface area contributed by atoms with Gasteiger partial charge < -0.3 is 5.32 Å². The predicted molar refractivity (Wildman–Crippen MR) is 79.0 cm³/mol. The first-order valence-electron chi connectivity index (χ1n) is 5.91. The maximum atomic E-state index is 13.7. The van der Waals surface area contributed by atoms with Crippen LogP contribution in [0.3, 0.4) is 0 Å². The highest BCUT2D eigenvalue weighted by molar-refractivity contribution is 9.10. The third-order valence-electron chi connectivity index (χ3n) is 2.69. The molecule has 0 aliphatic rings. The highest BCUT2D eigenvalue weighted by Gasteiger charge is 2.13. The van der Waals surface area contributed by atoms with Crippen LogP contribution in [0.5, 0.6) is 0 Å². The molecule has 5 heteroatoms. The third kappa shape index (κ3) is 3.42.